The van der Waals surface area contributed by atoms with Crippen molar-refractivity contribution < 1.29 is 19.1 Å². The van der Waals surface area contributed by atoms with Crippen LogP contribution < -0.4 is 10.1 Å². The van der Waals surface area contributed by atoms with Gasteiger partial charge in [0.25, 0.3) is 5.91 Å². The summed E-state index contributed by atoms with van der Waals surface area (Å²) in [6.45, 7) is 3.84. The summed E-state index contributed by atoms with van der Waals surface area (Å²) < 4.78 is 10.8. The quantitative estimate of drug-likeness (QED) is 0.550. The fraction of sp³-hybridized carbons (Fsp3) is 0.167. The molecule has 3 aromatic carbocycles. The maximum absolute atomic E-state index is 12.3. The first kappa shape index (κ1) is 20.1. The molecule has 0 aliphatic heterocycles. The molecule has 3 aromatic rings. The number of para-hydroxylation sites is 1. The zero-order valence-electron chi connectivity index (χ0n) is 16.4. The Kier molecular flexibility index (Phi) is 6.63. The lowest BCUT2D eigenvalue weighted by molar-refractivity contribution is -0.119. The minimum atomic E-state index is -0.589. The molecule has 5 nitrogen and oxygen atoms in total. The fourth-order valence-electron chi connectivity index (χ4n) is 2.67. The van der Waals surface area contributed by atoms with Crippen molar-refractivity contribution in [3.8, 4) is 11.5 Å². The summed E-state index contributed by atoms with van der Waals surface area (Å²) in [7, 11) is 0. The van der Waals surface area contributed by atoms with Gasteiger partial charge in [-0.1, -0.05) is 50.2 Å². The van der Waals surface area contributed by atoms with E-state index in [9.17, 15) is 9.59 Å². The highest BCUT2D eigenvalue weighted by Crippen LogP contribution is 2.22. The van der Waals surface area contributed by atoms with Crippen LogP contribution >= 0.6 is 0 Å². The summed E-state index contributed by atoms with van der Waals surface area (Å²) >= 11 is 0. The number of rotatable bonds is 7. The number of amides is 1. The van der Waals surface area contributed by atoms with Gasteiger partial charge in [0.15, 0.2) is 6.61 Å². The molecule has 0 aliphatic carbocycles. The molecule has 3 rings (SSSR count). The first-order chi connectivity index (χ1) is 14.0. The Morgan fingerprint density at radius 2 is 1.55 bits per heavy atom. The summed E-state index contributed by atoms with van der Waals surface area (Å²) in [4.78, 5) is 24.3. The SMILES string of the molecule is CC(C)c1ccc(NC(=O)COC(=O)c2cccc(Oc3ccccc3)c2)cc1. The lowest BCUT2D eigenvalue weighted by Gasteiger charge is -2.10. The van der Waals surface area contributed by atoms with Crippen LogP contribution in [-0.4, -0.2) is 18.5 Å². The van der Waals surface area contributed by atoms with E-state index in [2.05, 4.69) is 19.2 Å². The molecule has 148 valence electrons. The van der Waals surface area contributed by atoms with Gasteiger partial charge in [0.05, 0.1) is 5.56 Å². The maximum Gasteiger partial charge on any atom is 0.338 e. The number of hydrogen-bond acceptors (Lipinski definition) is 4. The molecule has 0 aromatic heterocycles. The van der Waals surface area contributed by atoms with E-state index in [-0.39, 0.29) is 6.61 Å². The fourth-order valence-corrected chi connectivity index (χ4v) is 2.67. The standard InChI is InChI=1S/C24H23NO4/c1-17(2)18-11-13-20(14-12-18)25-23(26)16-28-24(27)19-7-6-10-22(15-19)29-21-8-4-3-5-9-21/h3-15,17H,16H2,1-2H3,(H,25,26). The van der Waals surface area contributed by atoms with Gasteiger partial charge in [-0.05, 0) is 53.9 Å². The van der Waals surface area contributed by atoms with Crippen LogP contribution in [0.1, 0.15) is 35.7 Å². The van der Waals surface area contributed by atoms with Crippen molar-refractivity contribution in [2.24, 2.45) is 0 Å². The van der Waals surface area contributed by atoms with E-state index in [0.717, 1.165) is 0 Å². The van der Waals surface area contributed by atoms with Crippen LogP contribution in [0, 0.1) is 0 Å². The molecule has 0 unspecified atom stereocenters. The smallest absolute Gasteiger partial charge is 0.338 e. The lowest BCUT2D eigenvalue weighted by atomic mass is 10.0. The molecule has 0 saturated carbocycles. The Bertz CT molecular complexity index is 966. The summed E-state index contributed by atoms with van der Waals surface area (Å²) in [5.74, 6) is 0.615. The van der Waals surface area contributed by atoms with Gasteiger partial charge in [0.1, 0.15) is 11.5 Å². The van der Waals surface area contributed by atoms with Gasteiger partial charge in [0, 0.05) is 5.69 Å². The van der Waals surface area contributed by atoms with E-state index in [0.29, 0.717) is 28.7 Å². The first-order valence-corrected chi connectivity index (χ1v) is 9.41. The molecule has 0 radical (unpaired) electrons. The Labute approximate surface area is 170 Å². The molecular formula is C24H23NO4. The second-order valence-corrected chi connectivity index (χ2v) is 6.84. The molecule has 29 heavy (non-hydrogen) atoms. The normalized spacial score (nSPS) is 10.4. The predicted octanol–water partition coefficient (Wildman–Crippen LogP) is 5.40. The van der Waals surface area contributed by atoms with Crippen LogP contribution in [0.4, 0.5) is 5.69 Å². The Morgan fingerprint density at radius 1 is 0.862 bits per heavy atom. The summed E-state index contributed by atoms with van der Waals surface area (Å²) in [5, 5.41) is 2.72. The van der Waals surface area contributed by atoms with E-state index >= 15 is 0 Å². The van der Waals surface area contributed by atoms with Gasteiger partial charge < -0.3 is 14.8 Å². The molecule has 0 fully saturated rings. The van der Waals surface area contributed by atoms with Crippen molar-refractivity contribution in [2.45, 2.75) is 19.8 Å². The van der Waals surface area contributed by atoms with E-state index in [1.165, 1.54) is 5.56 Å². The predicted molar refractivity (Wildman–Crippen MR) is 112 cm³/mol. The van der Waals surface area contributed by atoms with E-state index in [1.54, 1.807) is 24.3 Å². The van der Waals surface area contributed by atoms with Crippen LogP contribution in [0.5, 0.6) is 11.5 Å². The maximum atomic E-state index is 12.3. The highest BCUT2D eigenvalue weighted by atomic mass is 16.5. The number of carbonyl (C=O) groups is 2. The molecule has 0 heterocycles. The molecule has 0 bridgehead atoms. The molecule has 0 atom stereocenters. The monoisotopic (exact) mass is 389 g/mol. The molecule has 0 saturated heterocycles. The van der Waals surface area contributed by atoms with Crippen molar-refractivity contribution >= 4 is 17.6 Å². The third kappa shape index (κ3) is 5.94. The second kappa shape index (κ2) is 9.55. The highest BCUT2D eigenvalue weighted by Gasteiger charge is 2.12. The number of esters is 1. The van der Waals surface area contributed by atoms with E-state index in [1.807, 2.05) is 54.6 Å². The van der Waals surface area contributed by atoms with Gasteiger partial charge in [-0.15, -0.1) is 0 Å². The first-order valence-electron chi connectivity index (χ1n) is 9.41. The molecule has 0 aliphatic rings. The molecule has 1 amide bonds. The van der Waals surface area contributed by atoms with Crippen molar-refractivity contribution in [2.75, 3.05) is 11.9 Å². The molecular weight excluding hydrogens is 366 g/mol. The van der Waals surface area contributed by atoms with Crippen molar-refractivity contribution in [3.63, 3.8) is 0 Å². The average molecular weight is 389 g/mol. The van der Waals surface area contributed by atoms with E-state index in [4.69, 9.17) is 9.47 Å². The Morgan fingerprint density at radius 3 is 2.24 bits per heavy atom. The topological polar surface area (TPSA) is 64.6 Å². The molecule has 0 spiro atoms. The lowest BCUT2D eigenvalue weighted by Crippen LogP contribution is -2.20. The average Bonchev–Trinajstić information content (AvgIpc) is 2.73. The number of anilines is 1. The summed E-state index contributed by atoms with van der Waals surface area (Å²) in [6.07, 6.45) is 0. The number of nitrogens with one attached hydrogen (secondary N) is 1. The van der Waals surface area contributed by atoms with Crippen LogP contribution in [0.15, 0.2) is 78.9 Å². The summed E-state index contributed by atoms with van der Waals surface area (Å²) in [5.41, 5.74) is 2.16. The second-order valence-electron chi connectivity index (χ2n) is 6.84. The number of carbonyl (C=O) groups excluding carboxylic acids is 2. The van der Waals surface area contributed by atoms with Gasteiger partial charge in [-0.25, -0.2) is 4.79 Å². The van der Waals surface area contributed by atoms with Gasteiger partial charge in [0.2, 0.25) is 0 Å². The highest BCUT2D eigenvalue weighted by molar-refractivity contribution is 5.95. The largest absolute Gasteiger partial charge is 0.457 e. The third-order valence-corrected chi connectivity index (χ3v) is 4.24. The van der Waals surface area contributed by atoms with Crippen molar-refractivity contribution in [1.29, 1.82) is 0 Å². The minimum Gasteiger partial charge on any atom is -0.457 e. The zero-order chi connectivity index (χ0) is 20.6. The van der Waals surface area contributed by atoms with Gasteiger partial charge in [-0.3, -0.25) is 4.79 Å². The van der Waals surface area contributed by atoms with Gasteiger partial charge >= 0.3 is 5.97 Å². The van der Waals surface area contributed by atoms with Crippen LogP contribution in [0.2, 0.25) is 0 Å². The number of benzene rings is 3. The third-order valence-electron chi connectivity index (χ3n) is 4.24. The Balaban J connectivity index is 1.53. The van der Waals surface area contributed by atoms with Crippen LogP contribution in [0.3, 0.4) is 0 Å². The van der Waals surface area contributed by atoms with Crippen molar-refractivity contribution in [3.05, 3.63) is 90.0 Å². The number of ether oxygens (including phenoxy) is 2. The zero-order valence-corrected chi connectivity index (χ0v) is 16.4. The van der Waals surface area contributed by atoms with Gasteiger partial charge in [-0.2, -0.15) is 0 Å². The number of hydrogen-bond donors (Lipinski definition) is 1. The van der Waals surface area contributed by atoms with Crippen LogP contribution in [0.25, 0.3) is 0 Å². The molecule has 5 heteroatoms. The van der Waals surface area contributed by atoms with Crippen LogP contribution in [-0.2, 0) is 9.53 Å². The van der Waals surface area contributed by atoms with E-state index < -0.39 is 11.9 Å². The van der Waals surface area contributed by atoms with Crippen molar-refractivity contribution in [1.82, 2.24) is 0 Å². The minimum absolute atomic E-state index is 0.313. The Hall–Kier alpha value is -3.60. The summed E-state index contributed by atoms with van der Waals surface area (Å²) in [6, 6.07) is 23.5. The molecule has 1 N–H and O–H groups in total.